The van der Waals surface area contributed by atoms with Crippen molar-refractivity contribution in [3.8, 4) is 16.8 Å². The Morgan fingerprint density at radius 3 is 2.44 bits per heavy atom. The Balaban J connectivity index is 1.49. The van der Waals surface area contributed by atoms with Crippen LogP contribution in [0.15, 0.2) is 116 Å². The minimum absolute atomic E-state index is 0.748. The van der Waals surface area contributed by atoms with Crippen molar-refractivity contribution in [1.82, 2.24) is 23.9 Å². The summed E-state index contributed by atoms with van der Waals surface area (Å²) >= 11 is 0. The van der Waals surface area contributed by atoms with E-state index in [0.717, 1.165) is 50.6 Å². The summed E-state index contributed by atoms with van der Waals surface area (Å²) in [6, 6.07) is 34.9. The number of pyridine rings is 3. The van der Waals surface area contributed by atoms with Gasteiger partial charge in [-0.15, -0.1) is 0 Å². The summed E-state index contributed by atoms with van der Waals surface area (Å²) in [6.45, 7) is 0. The number of hydrogen-bond acceptors (Lipinski definition) is 3. The van der Waals surface area contributed by atoms with Crippen LogP contribution in [0, 0.1) is 0 Å². The number of imidazole rings is 1. The first-order chi connectivity index (χ1) is 20.4. The van der Waals surface area contributed by atoms with Gasteiger partial charge in [-0.05, 0) is 71.1 Å². The molecule has 0 unspecified atom stereocenters. The summed E-state index contributed by atoms with van der Waals surface area (Å²) in [5.41, 5.74) is 12.8. The monoisotopic (exact) mass is 523 g/mol. The van der Waals surface area contributed by atoms with Gasteiger partial charge in [-0.2, -0.15) is 0 Å². The molecule has 190 valence electrons. The number of aromatic nitrogens is 5. The van der Waals surface area contributed by atoms with Crippen molar-refractivity contribution in [3.05, 3.63) is 127 Å². The SMILES string of the molecule is c1ccc(-n2c3ccc4c(c3c3ccc5c(c6cnccc6n6c7cccnc7nc56)c32)Cc2ccccc2-4)cc1. The molecule has 4 aromatic carbocycles. The number of nitrogens with zero attached hydrogens (tertiary/aromatic N) is 5. The Morgan fingerprint density at radius 1 is 0.610 bits per heavy atom. The Bertz CT molecular complexity index is 2550. The zero-order chi connectivity index (χ0) is 26.7. The Labute approximate surface area is 234 Å². The van der Waals surface area contributed by atoms with Crippen molar-refractivity contribution >= 4 is 60.3 Å². The number of para-hydroxylation sites is 1. The van der Waals surface area contributed by atoms with Gasteiger partial charge >= 0.3 is 0 Å². The molecule has 0 N–H and O–H groups in total. The Hall–Kier alpha value is -5.55. The summed E-state index contributed by atoms with van der Waals surface area (Å²) in [5, 5.41) is 5.94. The second kappa shape index (κ2) is 7.55. The van der Waals surface area contributed by atoms with Crippen molar-refractivity contribution in [3.63, 3.8) is 0 Å². The van der Waals surface area contributed by atoms with E-state index < -0.39 is 0 Å². The smallest absolute Gasteiger partial charge is 0.178 e. The molecule has 0 radical (unpaired) electrons. The minimum Gasteiger partial charge on any atom is -0.309 e. The molecule has 41 heavy (non-hydrogen) atoms. The van der Waals surface area contributed by atoms with Crippen molar-refractivity contribution in [1.29, 1.82) is 0 Å². The van der Waals surface area contributed by atoms with E-state index in [1.807, 2.05) is 24.7 Å². The quantitative estimate of drug-likeness (QED) is 0.204. The highest BCUT2D eigenvalue weighted by atomic mass is 15.1. The first kappa shape index (κ1) is 21.3. The molecule has 5 heterocycles. The third-order valence-electron chi connectivity index (χ3n) is 8.87. The number of rotatable bonds is 1. The average molecular weight is 524 g/mol. The van der Waals surface area contributed by atoms with Crippen LogP contribution in [-0.4, -0.2) is 23.9 Å². The van der Waals surface area contributed by atoms with Crippen molar-refractivity contribution in [2.24, 2.45) is 0 Å². The van der Waals surface area contributed by atoms with Gasteiger partial charge < -0.3 is 4.57 Å². The molecule has 0 saturated carbocycles. The van der Waals surface area contributed by atoms with Crippen LogP contribution >= 0.6 is 0 Å². The number of fused-ring (bicyclic) bond motifs is 16. The van der Waals surface area contributed by atoms with Crippen molar-refractivity contribution < 1.29 is 0 Å². The predicted octanol–water partition coefficient (Wildman–Crippen LogP) is 8.25. The van der Waals surface area contributed by atoms with Gasteiger partial charge in [-0.1, -0.05) is 54.6 Å². The molecule has 0 amide bonds. The average Bonchev–Trinajstić information content (AvgIpc) is 3.71. The topological polar surface area (TPSA) is 48.0 Å². The third-order valence-corrected chi connectivity index (χ3v) is 8.87. The molecule has 5 nitrogen and oxygen atoms in total. The standard InChI is InChI=1S/C36H21N5/c1-2-8-22(9-3-1)40-30-15-14-24-23-10-5-4-7-21(23)19-27(24)32(30)25-12-13-26-33(34(25)40)28-20-37-18-16-29(28)41-31-11-6-17-38-35(31)39-36(26)41/h1-18,20H,19H2. The molecule has 5 heteroatoms. The largest absolute Gasteiger partial charge is 0.309 e. The van der Waals surface area contributed by atoms with Crippen LogP contribution in [0.4, 0.5) is 0 Å². The summed E-state index contributed by atoms with van der Waals surface area (Å²) in [4.78, 5) is 14.3. The van der Waals surface area contributed by atoms with Gasteiger partial charge in [0.15, 0.2) is 5.65 Å². The van der Waals surface area contributed by atoms with Crippen LogP contribution < -0.4 is 0 Å². The van der Waals surface area contributed by atoms with Crippen LogP contribution in [0.25, 0.3) is 77.1 Å². The van der Waals surface area contributed by atoms with Crippen LogP contribution in [0.1, 0.15) is 11.1 Å². The van der Waals surface area contributed by atoms with E-state index >= 15 is 0 Å². The lowest BCUT2D eigenvalue weighted by atomic mass is 9.99. The summed E-state index contributed by atoms with van der Waals surface area (Å²) in [7, 11) is 0. The van der Waals surface area contributed by atoms with E-state index in [1.54, 1.807) is 0 Å². The highest BCUT2D eigenvalue weighted by Crippen LogP contribution is 2.47. The van der Waals surface area contributed by atoms with Crippen LogP contribution in [0.5, 0.6) is 0 Å². The highest BCUT2D eigenvalue weighted by Gasteiger charge is 2.26. The van der Waals surface area contributed by atoms with Crippen LogP contribution in [0.2, 0.25) is 0 Å². The molecule has 0 spiro atoms. The summed E-state index contributed by atoms with van der Waals surface area (Å²) in [5.74, 6) is 0. The van der Waals surface area contributed by atoms with Gasteiger partial charge in [-0.3, -0.25) is 9.38 Å². The second-order valence-electron chi connectivity index (χ2n) is 10.9. The van der Waals surface area contributed by atoms with E-state index in [2.05, 4.69) is 110 Å². The zero-order valence-electron chi connectivity index (χ0n) is 21.9. The lowest BCUT2D eigenvalue weighted by Crippen LogP contribution is -1.97. The molecule has 10 rings (SSSR count). The molecule has 0 saturated heterocycles. The number of benzene rings is 4. The first-order valence-corrected chi connectivity index (χ1v) is 13.9. The van der Waals surface area contributed by atoms with E-state index in [0.29, 0.717) is 0 Å². The minimum atomic E-state index is 0.748. The van der Waals surface area contributed by atoms with Gasteiger partial charge in [0, 0.05) is 51.2 Å². The molecule has 0 aliphatic heterocycles. The Kier molecular flexibility index (Phi) is 3.92. The molecule has 0 fully saturated rings. The van der Waals surface area contributed by atoms with E-state index in [1.165, 1.54) is 44.1 Å². The van der Waals surface area contributed by atoms with Crippen molar-refractivity contribution in [2.45, 2.75) is 6.42 Å². The molecule has 0 bridgehead atoms. The van der Waals surface area contributed by atoms with E-state index in [4.69, 9.17) is 4.98 Å². The van der Waals surface area contributed by atoms with Crippen LogP contribution in [0.3, 0.4) is 0 Å². The maximum Gasteiger partial charge on any atom is 0.178 e. The summed E-state index contributed by atoms with van der Waals surface area (Å²) < 4.78 is 4.68. The van der Waals surface area contributed by atoms with Gasteiger partial charge in [-0.25, -0.2) is 9.97 Å². The lowest BCUT2D eigenvalue weighted by molar-refractivity contribution is 1.18. The van der Waals surface area contributed by atoms with Gasteiger partial charge in [0.25, 0.3) is 0 Å². The second-order valence-corrected chi connectivity index (χ2v) is 10.9. The van der Waals surface area contributed by atoms with E-state index in [9.17, 15) is 0 Å². The fourth-order valence-corrected chi connectivity index (χ4v) is 7.25. The predicted molar refractivity (Wildman–Crippen MR) is 166 cm³/mol. The lowest BCUT2D eigenvalue weighted by Gasteiger charge is -2.13. The maximum atomic E-state index is 5.06. The first-order valence-electron chi connectivity index (χ1n) is 13.9. The van der Waals surface area contributed by atoms with Gasteiger partial charge in [0.05, 0.1) is 22.1 Å². The molecule has 0 atom stereocenters. The van der Waals surface area contributed by atoms with E-state index in [-0.39, 0.29) is 0 Å². The van der Waals surface area contributed by atoms with Crippen molar-refractivity contribution in [2.75, 3.05) is 0 Å². The maximum absolute atomic E-state index is 5.06. The number of hydrogen-bond donors (Lipinski definition) is 0. The molecule has 1 aliphatic carbocycles. The highest BCUT2D eigenvalue weighted by molar-refractivity contribution is 6.28. The zero-order valence-corrected chi connectivity index (χ0v) is 21.9. The molecular formula is C36H21N5. The third kappa shape index (κ3) is 2.63. The fourth-order valence-electron chi connectivity index (χ4n) is 7.25. The normalized spacial score (nSPS) is 12.8. The van der Waals surface area contributed by atoms with Gasteiger partial charge in [0.1, 0.15) is 5.65 Å². The molecule has 5 aromatic heterocycles. The Morgan fingerprint density at radius 2 is 1.49 bits per heavy atom. The molecule has 9 aromatic rings. The van der Waals surface area contributed by atoms with Gasteiger partial charge in [0.2, 0.25) is 0 Å². The fraction of sp³-hybridized carbons (Fsp3) is 0.0278. The molecule has 1 aliphatic rings. The molecular weight excluding hydrogens is 502 g/mol. The summed E-state index contributed by atoms with van der Waals surface area (Å²) in [6.07, 6.45) is 6.62. The van der Waals surface area contributed by atoms with Crippen LogP contribution in [-0.2, 0) is 6.42 Å².